The number of fused-ring (bicyclic) bond motifs is 3. The molecule has 4 atom stereocenters. The minimum absolute atomic E-state index is 0.0111. The van der Waals surface area contributed by atoms with Crippen molar-refractivity contribution in [2.75, 3.05) is 13.2 Å². The van der Waals surface area contributed by atoms with Gasteiger partial charge in [0.05, 0.1) is 24.5 Å². The molecule has 0 bridgehead atoms. The number of benzene rings is 3. The standard InChI is InChI=1S/C39H41NO5/c41-31-16-10-11-26(22-31)21-28(27-12-4-1-5-13-27)19-20-35-36-29(24-44-32-17-8-3-9-18-32)23-33-37(34(36)25-45-35)39(43)40(38(33)42)30-14-6-2-7-15-30/h1,3-5,8-13,16-18,21-22,30,33-35,37,41H,2,6-7,14-15,19-20,23-25H2/b28-21-/t33-,34+,35-,37-/m1/s1. The molecule has 0 radical (unpaired) electrons. The summed E-state index contributed by atoms with van der Waals surface area (Å²) >= 11 is 0. The summed E-state index contributed by atoms with van der Waals surface area (Å²) in [4.78, 5) is 29.6. The quantitative estimate of drug-likeness (QED) is 0.156. The molecule has 1 N–H and O–H groups in total. The number of imide groups is 1. The van der Waals surface area contributed by atoms with Crippen molar-refractivity contribution in [2.45, 2.75) is 63.5 Å². The van der Waals surface area contributed by atoms with E-state index in [0.717, 1.165) is 66.5 Å². The van der Waals surface area contributed by atoms with E-state index in [1.807, 2.05) is 60.7 Å². The Morgan fingerprint density at radius 3 is 2.40 bits per heavy atom. The number of hydrogen-bond donors (Lipinski definition) is 1. The summed E-state index contributed by atoms with van der Waals surface area (Å²) in [5, 5.41) is 10.1. The first-order valence-electron chi connectivity index (χ1n) is 16.5. The molecule has 2 heterocycles. The van der Waals surface area contributed by atoms with E-state index >= 15 is 0 Å². The molecule has 0 spiro atoms. The summed E-state index contributed by atoms with van der Waals surface area (Å²) in [5.74, 6) is 0.256. The minimum Gasteiger partial charge on any atom is -0.508 e. The molecule has 2 aliphatic carbocycles. The van der Waals surface area contributed by atoms with Crippen LogP contribution in [0.1, 0.15) is 62.5 Å². The monoisotopic (exact) mass is 603 g/mol. The smallest absolute Gasteiger partial charge is 0.234 e. The third kappa shape index (κ3) is 6.08. The molecule has 6 nitrogen and oxygen atoms in total. The lowest BCUT2D eigenvalue weighted by molar-refractivity contribution is -0.143. The van der Waals surface area contributed by atoms with Gasteiger partial charge in [0.15, 0.2) is 0 Å². The van der Waals surface area contributed by atoms with Crippen molar-refractivity contribution in [1.29, 1.82) is 0 Å². The number of ether oxygens (including phenoxy) is 2. The van der Waals surface area contributed by atoms with Gasteiger partial charge in [0.2, 0.25) is 11.8 Å². The maximum atomic E-state index is 14.0. The molecule has 3 aromatic rings. The molecular formula is C39H41NO5. The number of carbonyl (C=O) groups excluding carboxylic acids is 2. The Bertz CT molecular complexity index is 1590. The molecule has 2 aliphatic heterocycles. The molecule has 4 aliphatic rings. The zero-order chi connectivity index (χ0) is 30.8. The van der Waals surface area contributed by atoms with Crippen LogP contribution in [-0.2, 0) is 14.3 Å². The molecule has 232 valence electrons. The molecule has 3 fully saturated rings. The van der Waals surface area contributed by atoms with Gasteiger partial charge in [0.1, 0.15) is 18.1 Å². The number of rotatable bonds is 9. The molecule has 6 heteroatoms. The number of phenolic OH excluding ortho intramolecular Hbond substituents is 1. The molecule has 2 saturated heterocycles. The minimum atomic E-state index is -0.351. The fourth-order valence-electron chi connectivity index (χ4n) is 8.07. The van der Waals surface area contributed by atoms with Crippen molar-refractivity contribution < 1.29 is 24.2 Å². The zero-order valence-corrected chi connectivity index (χ0v) is 25.6. The number of hydrogen-bond acceptors (Lipinski definition) is 5. The lowest BCUT2D eigenvalue weighted by Crippen LogP contribution is -2.42. The fraction of sp³-hybridized carbons (Fsp3) is 0.385. The SMILES string of the molecule is O=C1[C@@H]2[C@@H](CC(COc3ccccc3)=C3[C@@H](CC/C(=C/c4cccc(O)c4)c4ccccc4)OC[C@@H]32)C(=O)N1C1CCCCC1. The number of para-hydroxylation sites is 1. The van der Waals surface area contributed by atoms with Crippen LogP contribution in [-0.4, -0.2) is 47.2 Å². The average Bonchev–Trinajstić information content (AvgIpc) is 3.61. The largest absolute Gasteiger partial charge is 0.508 e. The Morgan fingerprint density at radius 1 is 0.889 bits per heavy atom. The van der Waals surface area contributed by atoms with Crippen LogP contribution in [0.2, 0.25) is 0 Å². The Balaban J connectivity index is 1.18. The van der Waals surface area contributed by atoms with Crippen molar-refractivity contribution in [1.82, 2.24) is 4.90 Å². The third-order valence-corrected chi connectivity index (χ3v) is 10.2. The second-order valence-corrected chi connectivity index (χ2v) is 12.9. The molecule has 7 rings (SSSR count). The van der Waals surface area contributed by atoms with E-state index in [9.17, 15) is 14.7 Å². The third-order valence-electron chi connectivity index (χ3n) is 10.2. The van der Waals surface area contributed by atoms with Crippen molar-refractivity contribution in [3.8, 4) is 11.5 Å². The van der Waals surface area contributed by atoms with Crippen LogP contribution in [0.25, 0.3) is 11.6 Å². The number of allylic oxidation sites excluding steroid dienone is 1. The summed E-state index contributed by atoms with van der Waals surface area (Å²) in [7, 11) is 0. The first-order valence-corrected chi connectivity index (χ1v) is 16.5. The van der Waals surface area contributed by atoms with Crippen LogP contribution >= 0.6 is 0 Å². The first kappa shape index (κ1) is 29.5. The Hall–Kier alpha value is -4.16. The molecular weight excluding hydrogens is 562 g/mol. The highest BCUT2D eigenvalue weighted by molar-refractivity contribution is 6.06. The van der Waals surface area contributed by atoms with Crippen molar-refractivity contribution in [3.05, 3.63) is 107 Å². The summed E-state index contributed by atoms with van der Waals surface area (Å²) in [6.07, 6.45) is 9.17. The number of nitrogens with zero attached hydrogens (tertiary/aromatic N) is 1. The number of aromatic hydroxyl groups is 1. The Labute approximate surface area is 265 Å². The van der Waals surface area contributed by atoms with Gasteiger partial charge in [-0.05, 0) is 84.2 Å². The lowest BCUT2D eigenvalue weighted by Gasteiger charge is -2.32. The normalized spacial score (nSPS) is 25.4. The van der Waals surface area contributed by atoms with Gasteiger partial charge in [-0.15, -0.1) is 0 Å². The molecule has 2 amide bonds. The van der Waals surface area contributed by atoms with E-state index in [0.29, 0.717) is 19.6 Å². The molecule has 3 aromatic carbocycles. The van der Waals surface area contributed by atoms with Crippen LogP contribution in [0.3, 0.4) is 0 Å². The van der Waals surface area contributed by atoms with Gasteiger partial charge < -0.3 is 14.6 Å². The fourth-order valence-corrected chi connectivity index (χ4v) is 8.07. The summed E-state index contributed by atoms with van der Waals surface area (Å²) in [6, 6.07) is 27.4. The van der Waals surface area contributed by atoms with E-state index in [-0.39, 0.29) is 47.5 Å². The summed E-state index contributed by atoms with van der Waals surface area (Å²) < 4.78 is 12.8. The van der Waals surface area contributed by atoms with Gasteiger partial charge in [0.25, 0.3) is 0 Å². The Morgan fingerprint density at radius 2 is 1.64 bits per heavy atom. The number of likely N-dealkylation sites (tertiary alicyclic amines) is 1. The predicted molar refractivity (Wildman–Crippen MR) is 174 cm³/mol. The van der Waals surface area contributed by atoms with E-state index in [4.69, 9.17) is 9.47 Å². The van der Waals surface area contributed by atoms with Crippen LogP contribution in [0.4, 0.5) is 0 Å². The average molecular weight is 604 g/mol. The number of phenols is 1. The molecule has 0 aromatic heterocycles. The van der Waals surface area contributed by atoms with Gasteiger partial charge >= 0.3 is 0 Å². The highest BCUT2D eigenvalue weighted by Crippen LogP contribution is 2.51. The highest BCUT2D eigenvalue weighted by Gasteiger charge is 2.58. The summed E-state index contributed by atoms with van der Waals surface area (Å²) in [6.45, 7) is 0.832. The van der Waals surface area contributed by atoms with Crippen molar-refractivity contribution in [2.24, 2.45) is 17.8 Å². The van der Waals surface area contributed by atoms with Gasteiger partial charge in [-0.1, -0.05) is 86.0 Å². The van der Waals surface area contributed by atoms with Gasteiger partial charge in [-0.2, -0.15) is 0 Å². The van der Waals surface area contributed by atoms with E-state index < -0.39 is 0 Å². The maximum Gasteiger partial charge on any atom is 0.234 e. The molecule has 1 saturated carbocycles. The molecule has 45 heavy (non-hydrogen) atoms. The van der Waals surface area contributed by atoms with E-state index in [1.165, 1.54) is 12.0 Å². The van der Waals surface area contributed by atoms with Gasteiger partial charge in [0, 0.05) is 12.0 Å². The van der Waals surface area contributed by atoms with Crippen LogP contribution < -0.4 is 4.74 Å². The predicted octanol–water partition coefficient (Wildman–Crippen LogP) is 7.44. The summed E-state index contributed by atoms with van der Waals surface area (Å²) in [5.41, 5.74) is 5.50. The number of amides is 2. The Kier molecular flexibility index (Phi) is 8.57. The first-order chi connectivity index (χ1) is 22.1. The molecule has 0 unspecified atom stereocenters. The van der Waals surface area contributed by atoms with Crippen LogP contribution in [0, 0.1) is 17.8 Å². The lowest BCUT2D eigenvalue weighted by atomic mass is 9.69. The topological polar surface area (TPSA) is 76.1 Å². The van der Waals surface area contributed by atoms with E-state index in [1.54, 1.807) is 17.0 Å². The van der Waals surface area contributed by atoms with Crippen LogP contribution in [0.15, 0.2) is 96.1 Å². The number of carbonyl (C=O) groups is 2. The van der Waals surface area contributed by atoms with E-state index in [2.05, 4.69) is 18.2 Å². The van der Waals surface area contributed by atoms with Gasteiger partial charge in [-0.25, -0.2) is 0 Å². The zero-order valence-electron chi connectivity index (χ0n) is 25.6. The van der Waals surface area contributed by atoms with Crippen molar-refractivity contribution in [3.63, 3.8) is 0 Å². The maximum absolute atomic E-state index is 14.0. The van der Waals surface area contributed by atoms with Crippen molar-refractivity contribution >= 4 is 23.5 Å². The second-order valence-electron chi connectivity index (χ2n) is 12.9. The highest BCUT2D eigenvalue weighted by atomic mass is 16.5. The van der Waals surface area contributed by atoms with Crippen LogP contribution in [0.5, 0.6) is 11.5 Å². The van der Waals surface area contributed by atoms with Gasteiger partial charge in [-0.3, -0.25) is 14.5 Å². The second kappa shape index (κ2) is 13.1.